The monoisotopic (exact) mass is 409 g/mol. The molecule has 1 aliphatic rings. The third-order valence-electron chi connectivity index (χ3n) is 5.09. The molecule has 0 radical (unpaired) electrons. The van der Waals surface area contributed by atoms with E-state index in [-0.39, 0.29) is 23.9 Å². The molecular formula is C23H24FN3O3. The quantitative estimate of drug-likeness (QED) is 0.655. The Morgan fingerprint density at radius 2 is 1.70 bits per heavy atom. The predicted molar refractivity (Wildman–Crippen MR) is 111 cm³/mol. The Kier molecular flexibility index (Phi) is 5.55. The number of morpholine rings is 1. The SMILES string of the molecule is COc1ccc(-c2cc(C(=O)N3C[C@H](C)O[C@@H](C)C3)n(-c3ccc(F)cc3)n2)cc1. The molecule has 6 nitrogen and oxygen atoms in total. The molecule has 1 aliphatic heterocycles. The zero-order chi connectivity index (χ0) is 21.3. The summed E-state index contributed by atoms with van der Waals surface area (Å²) >= 11 is 0. The van der Waals surface area contributed by atoms with Crippen molar-refractivity contribution in [3.05, 3.63) is 66.1 Å². The number of nitrogens with zero attached hydrogens (tertiary/aromatic N) is 3. The fraction of sp³-hybridized carbons (Fsp3) is 0.304. The van der Waals surface area contributed by atoms with E-state index < -0.39 is 0 Å². The van der Waals surface area contributed by atoms with Gasteiger partial charge in [0, 0.05) is 18.7 Å². The van der Waals surface area contributed by atoms with E-state index >= 15 is 0 Å². The summed E-state index contributed by atoms with van der Waals surface area (Å²) in [6.45, 7) is 4.93. The zero-order valence-electron chi connectivity index (χ0n) is 17.2. The highest BCUT2D eigenvalue weighted by atomic mass is 19.1. The molecule has 0 unspecified atom stereocenters. The van der Waals surface area contributed by atoms with Crippen LogP contribution in [-0.4, -0.2) is 53.0 Å². The number of benzene rings is 2. The van der Waals surface area contributed by atoms with Crippen LogP contribution < -0.4 is 4.74 Å². The topological polar surface area (TPSA) is 56.6 Å². The molecule has 2 heterocycles. The van der Waals surface area contributed by atoms with Gasteiger partial charge < -0.3 is 14.4 Å². The minimum Gasteiger partial charge on any atom is -0.497 e. The third-order valence-corrected chi connectivity index (χ3v) is 5.09. The molecule has 1 amide bonds. The van der Waals surface area contributed by atoms with Crippen LogP contribution in [0.3, 0.4) is 0 Å². The van der Waals surface area contributed by atoms with Gasteiger partial charge in [0.2, 0.25) is 0 Å². The zero-order valence-corrected chi connectivity index (χ0v) is 17.2. The molecule has 156 valence electrons. The maximum Gasteiger partial charge on any atom is 0.272 e. The number of aromatic nitrogens is 2. The summed E-state index contributed by atoms with van der Waals surface area (Å²) in [6.07, 6.45) is -0.0816. The number of carbonyl (C=O) groups is 1. The molecule has 0 spiro atoms. The van der Waals surface area contributed by atoms with Gasteiger partial charge in [0.05, 0.1) is 30.7 Å². The molecule has 0 saturated carbocycles. The Labute approximate surface area is 174 Å². The standard InChI is InChI=1S/C23H24FN3O3/c1-15-13-26(14-16(2)30-15)23(28)22-12-21(17-4-10-20(29-3)11-5-17)25-27(22)19-8-6-18(24)7-9-19/h4-12,15-16H,13-14H2,1-3H3/t15-,16-/m0/s1. The van der Waals surface area contributed by atoms with Gasteiger partial charge in [-0.2, -0.15) is 5.10 Å². The number of hydrogen-bond donors (Lipinski definition) is 0. The smallest absolute Gasteiger partial charge is 0.272 e. The lowest BCUT2D eigenvalue weighted by Gasteiger charge is -2.35. The largest absolute Gasteiger partial charge is 0.497 e. The van der Waals surface area contributed by atoms with Crippen LogP contribution >= 0.6 is 0 Å². The molecule has 2 aromatic carbocycles. The summed E-state index contributed by atoms with van der Waals surface area (Å²) in [5.74, 6) is 0.267. The summed E-state index contributed by atoms with van der Waals surface area (Å²) in [5.41, 5.74) is 2.55. The number of methoxy groups -OCH3 is 1. The van der Waals surface area contributed by atoms with Gasteiger partial charge in [-0.05, 0) is 68.4 Å². The van der Waals surface area contributed by atoms with E-state index in [0.717, 1.165) is 11.3 Å². The van der Waals surface area contributed by atoms with Crippen molar-refractivity contribution in [1.29, 1.82) is 0 Å². The summed E-state index contributed by atoms with van der Waals surface area (Å²) in [7, 11) is 1.61. The van der Waals surface area contributed by atoms with Crippen molar-refractivity contribution in [3.63, 3.8) is 0 Å². The summed E-state index contributed by atoms with van der Waals surface area (Å²) in [5, 5.41) is 4.66. The number of carbonyl (C=O) groups excluding carboxylic acids is 1. The molecule has 0 bridgehead atoms. The number of halogens is 1. The first-order valence-corrected chi connectivity index (χ1v) is 9.90. The van der Waals surface area contributed by atoms with Gasteiger partial charge in [-0.15, -0.1) is 0 Å². The van der Waals surface area contributed by atoms with E-state index in [1.807, 2.05) is 38.1 Å². The average Bonchev–Trinajstić information content (AvgIpc) is 3.18. The third kappa shape index (κ3) is 4.07. The van der Waals surface area contributed by atoms with Crippen LogP contribution in [0, 0.1) is 5.82 Å². The van der Waals surface area contributed by atoms with E-state index in [9.17, 15) is 9.18 Å². The van der Waals surface area contributed by atoms with Crippen LogP contribution in [0.4, 0.5) is 4.39 Å². The number of ether oxygens (including phenoxy) is 2. The van der Waals surface area contributed by atoms with E-state index in [2.05, 4.69) is 5.10 Å². The fourth-order valence-electron chi connectivity index (χ4n) is 3.72. The van der Waals surface area contributed by atoms with Crippen molar-refractivity contribution in [2.24, 2.45) is 0 Å². The lowest BCUT2D eigenvalue weighted by Crippen LogP contribution is -2.48. The normalized spacial score (nSPS) is 19.0. The molecule has 4 rings (SSSR count). The summed E-state index contributed by atoms with van der Waals surface area (Å²) < 4.78 is 26.0. The Morgan fingerprint density at radius 3 is 2.30 bits per heavy atom. The molecule has 1 fully saturated rings. The Bertz CT molecular complexity index is 1020. The van der Waals surface area contributed by atoms with Crippen molar-refractivity contribution in [2.45, 2.75) is 26.1 Å². The fourth-order valence-corrected chi connectivity index (χ4v) is 3.72. The summed E-state index contributed by atoms with van der Waals surface area (Å²) in [6, 6.07) is 15.2. The van der Waals surface area contributed by atoms with Crippen LogP contribution in [0.25, 0.3) is 16.9 Å². The average molecular weight is 409 g/mol. The first kappa shape index (κ1) is 20.1. The van der Waals surface area contributed by atoms with Crippen LogP contribution in [-0.2, 0) is 4.74 Å². The lowest BCUT2D eigenvalue weighted by molar-refractivity contribution is -0.0588. The predicted octanol–water partition coefficient (Wildman–Crippen LogP) is 3.94. The van der Waals surface area contributed by atoms with Crippen molar-refractivity contribution in [2.75, 3.05) is 20.2 Å². The number of amides is 1. The molecule has 1 saturated heterocycles. The van der Waals surface area contributed by atoms with Crippen molar-refractivity contribution >= 4 is 5.91 Å². The highest BCUT2D eigenvalue weighted by Gasteiger charge is 2.29. The van der Waals surface area contributed by atoms with E-state index in [0.29, 0.717) is 30.2 Å². The van der Waals surface area contributed by atoms with Crippen LogP contribution in [0.15, 0.2) is 54.6 Å². The second-order valence-electron chi connectivity index (χ2n) is 7.50. The van der Waals surface area contributed by atoms with Gasteiger partial charge in [0.25, 0.3) is 5.91 Å². The molecule has 30 heavy (non-hydrogen) atoms. The van der Waals surface area contributed by atoms with Gasteiger partial charge in [0.15, 0.2) is 0 Å². The number of rotatable bonds is 4. The molecule has 1 aromatic heterocycles. The first-order valence-electron chi connectivity index (χ1n) is 9.90. The van der Waals surface area contributed by atoms with Gasteiger partial charge in [-0.25, -0.2) is 9.07 Å². The molecular weight excluding hydrogens is 385 g/mol. The highest BCUT2D eigenvalue weighted by Crippen LogP contribution is 2.25. The van der Waals surface area contributed by atoms with Crippen LogP contribution in [0.5, 0.6) is 5.75 Å². The second kappa shape index (κ2) is 8.28. The Morgan fingerprint density at radius 1 is 1.07 bits per heavy atom. The van der Waals surface area contributed by atoms with Crippen molar-refractivity contribution in [3.8, 4) is 22.7 Å². The van der Waals surface area contributed by atoms with Gasteiger partial charge in [0.1, 0.15) is 17.3 Å². The van der Waals surface area contributed by atoms with Gasteiger partial charge in [-0.1, -0.05) is 0 Å². The molecule has 7 heteroatoms. The second-order valence-corrected chi connectivity index (χ2v) is 7.50. The molecule has 0 aliphatic carbocycles. The van der Waals surface area contributed by atoms with E-state index in [1.165, 1.54) is 12.1 Å². The Hall–Kier alpha value is -3.19. The van der Waals surface area contributed by atoms with E-state index in [4.69, 9.17) is 9.47 Å². The van der Waals surface area contributed by atoms with Crippen molar-refractivity contribution in [1.82, 2.24) is 14.7 Å². The maximum atomic E-state index is 13.4. The van der Waals surface area contributed by atoms with Crippen LogP contribution in [0.1, 0.15) is 24.3 Å². The Balaban J connectivity index is 1.75. The molecule has 3 aromatic rings. The van der Waals surface area contributed by atoms with Crippen LogP contribution in [0.2, 0.25) is 0 Å². The summed E-state index contributed by atoms with van der Waals surface area (Å²) in [4.78, 5) is 15.2. The highest BCUT2D eigenvalue weighted by molar-refractivity contribution is 5.94. The lowest BCUT2D eigenvalue weighted by atomic mass is 10.1. The first-order chi connectivity index (χ1) is 14.4. The minimum atomic E-state index is -0.343. The van der Waals surface area contributed by atoms with Gasteiger partial charge in [-0.3, -0.25) is 4.79 Å². The minimum absolute atomic E-state index is 0.0408. The molecule has 2 atom stereocenters. The van der Waals surface area contributed by atoms with E-state index in [1.54, 1.807) is 34.9 Å². The number of hydrogen-bond acceptors (Lipinski definition) is 4. The van der Waals surface area contributed by atoms with Gasteiger partial charge >= 0.3 is 0 Å². The van der Waals surface area contributed by atoms with Crippen molar-refractivity contribution < 1.29 is 18.7 Å². The molecule has 0 N–H and O–H groups in total. The maximum absolute atomic E-state index is 13.4.